The number of benzene rings is 1. The molecule has 1 rings (SSSR count). The van der Waals surface area contributed by atoms with Crippen LogP contribution in [0.15, 0.2) is 30.3 Å². The highest BCUT2D eigenvalue weighted by Crippen LogP contribution is 2.08. The molecule has 0 heterocycles. The van der Waals surface area contributed by atoms with Crippen LogP contribution in [0.5, 0.6) is 0 Å². The quantitative estimate of drug-likeness (QED) is 0.604. The van der Waals surface area contributed by atoms with Crippen molar-refractivity contribution in [1.29, 1.82) is 0 Å². The molecule has 1 heteroatoms. The minimum absolute atomic E-state index is 0. The third kappa shape index (κ3) is 6.04. The zero-order chi connectivity index (χ0) is 9.36. The summed E-state index contributed by atoms with van der Waals surface area (Å²) in [6.45, 7) is 2.26. The zero-order valence-corrected chi connectivity index (χ0v) is 9.85. The summed E-state index contributed by atoms with van der Waals surface area (Å²) in [4.78, 5) is 0. The van der Waals surface area contributed by atoms with Gasteiger partial charge in [0.15, 0.2) is 0 Å². The highest BCUT2D eigenvalue weighted by atomic mass is 35.5. The van der Waals surface area contributed by atoms with Gasteiger partial charge in [0.1, 0.15) is 0 Å². The van der Waals surface area contributed by atoms with Crippen molar-refractivity contribution in [3.8, 4) is 0 Å². The topological polar surface area (TPSA) is 0 Å². The Hall–Kier alpha value is -0.490. The summed E-state index contributed by atoms with van der Waals surface area (Å²) in [6, 6.07) is 10.8. The van der Waals surface area contributed by atoms with Gasteiger partial charge >= 0.3 is 0 Å². The molecule has 0 nitrogen and oxygen atoms in total. The van der Waals surface area contributed by atoms with E-state index in [0.717, 1.165) is 0 Å². The lowest BCUT2D eigenvalue weighted by atomic mass is 10.1. The van der Waals surface area contributed by atoms with Crippen molar-refractivity contribution in [3.05, 3.63) is 35.9 Å². The first-order chi connectivity index (χ1) is 6.43. The molecule has 0 aliphatic rings. The first-order valence-corrected chi connectivity index (χ1v) is 5.47. The molecule has 0 saturated heterocycles. The van der Waals surface area contributed by atoms with E-state index >= 15 is 0 Å². The molecule has 0 aromatic heterocycles. The molecule has 0 aliphatic heterocycles. The van der Waals surface area contributed by atoms with Gasteiger partial charge in [-0.15, -0.1) is 12.4 Å². The molecule has 0 saturated carbocycles. The van der Waals surface area contributed by atoms with Crippen molar-refractivity contribution in [2.45, 2.75) is 45.4 Å². The van der Waals surface area contributed by atoms with E-state index in [-0.39, 0.29) is 12.4 Å². The molecule has 0 unspecified atom stereocenters. The van der Waals surface area contributed by atoms with Crippen LogP contribution in [0.4, 0.5) is 0 Å². The standard InChI is InChI=1S/C13H20.ClH/c1-2-3-4-5-7-10-13-11-8-6-9-12-13;/h6,8-9,11-12H,2-5,7,10H2,1H3;1H. The van der Waals surface area contributed by atoms with Crippen molar-refractivity contribution in [1.82, 2.24) is 0 Å². The maximum Gasteiger partial charge on any atom is -0.0279 e. The van der Waals surface area contributed by atoms with Crippen LogP contribution in [0.25, 0.3) is 0 Å². The summed E-state index contributed by atoms with van der Waals surface area (Å²) in [5.41, 5.74) is 1.49. The lowest BCUT2D eigenvalue weighted by Gasteiger charge is -2.00. The number of halogens is 1. The number of aryl methyl sites for hydroxylation is 1. The fourth-order valence-corrected chi connectivity index (χ4v) is 1.58. The molecule has 14 heavy (non-hydrogen) atoms. The largest absolute Gasteiger partial charge is 0.147 e. The summed E-state index contributed by atoms with van der Waals surface area (Å²) >= 11 is 0. The molecule has 0 spiro atoms. The molecule has 0 aliphatic carbocycles. The SMILES string of the molecule is CCCCCCCc1ccccc1.Cl. The minimum atomic E-state index is 0. The van der Waals surface area contributed by atoms with E-state index in [1.807, 2.05) is 0 Å². The third-order valence-electron chi connectivity index (χ3n) is 2.41. The Labute approximate surface area is 94.1 Å². The molecule has 1 aromatic carbocycles. The molecule has 0 N–H and O–H groups in total. The van der Waals surface area contributed by atoms with Gasteiger partial charge in [-0.2, -0.15) is 0 Å². The highest BCUT2D eigenvalue weighted by molar-refractivity contribution is 5.85. The molecule has 0 amide bonds. The van der Waals surface area contributed by atoms with Gasteiger partial charge in [0.25, 0.3) is 0 Å². The Kier molecular flexibility index (Phi) is 8.76. The van der Waals surface area contributed by atoms with Crippen LogP contribution >= 0.6 is 12.4 Å². The first-order valence-electron chi connectivity index (χ1n) is 5.47. The van der Waals surface area contributed by atoms with Crippen molar-refractivity contribution in [2.75, 3.05) is 0 Å². The summed E-state index contributed by atoms with van der Waals surface area (Å²) in [5, 5.41) is 0. The van der Waals surface area contributed by atoms with Crippen LogP contribution < -0.4 is 0 Å². The van der Waals surface area contributed by atoms with Crippen LogP contribution in [-0.2, 0) is 6.42 Å². The van der Waals surface area contributed by atoms with Crippen LogP contribution in [0.1, 0.15) is 44.6 Å². The van der Waals surface area contributed by atoms with Gasteiger partial charge in [0.05, 0.1) is 0 Å². The number of hydrogen-bond donors (Lipinski definition) is 0. The number of unbranched alkanes of at least 4 members (excludes halogenated alkanes) is 4. The highest BCUT2D eigenvalue weighted by Gasteiger charge is 1.91. The second kappa shape index (κ2) is 9.08. The molecule has 0 bridgehead atoms. The first kappa shape index (κ1) is 13.5. The normalized spacial score (nSPS) is 9.50. The van der Waals surface area contributed by atoms with Gasteiger partial charge in [-0.1, -0.05) is 62.9 Å². The zero-order valence-electron chi connectivity index (χ0n) is 9.04. The second-order valence-corrected chi connectivity index (χ2v) is 3.65. The van der Waals surface area contributed by atoms with Gasteiger partial charge in [-0.05, 0) is 18.4 Å². The van der Waals surface area contributed by atoms with Gasteiger partial charge in [-0.3, -0.25) is 0 Å². The summed E-state index contributed by atoms with van der Waals surface area (Å²) < 4.78 is 0. The van der Waals surface area contributed by atoms with Crippen LogP contribution in [0, 0.1) is 0 Å². The summed E-state index contributed by atoms with van der Waals surface area (Å²) in [7, 11) is 0. The average molecular weight is 213 g/mol. The van der Waals surface area contributed by atoms with Gasteiger partial charge in [0.2, 0.25) is 0 Å². The van der Waals surface area contributed by atoms with Crippen molar-refractivity contribution in [3.63, 3.8) is 0 Å². The van der Waals surface area contributed by atoms with Gasteiger partial charge in [-0.25, -0.2) is 0 Å². The van der Waals surface area contributed by atoms with Crippen molar-refractivity contribution >= 4 is 12.4 Å². The predicted octanol–water partition coefficient (Wildman–Crippen LogP) is 4.62. The van der Waals surface area contributed by atoms with Crippen LogP contribution in [0.3, 0.4) is 0 Å². The molecule has 80 valence electrons. The minimum Gasteiger partial charge on any atom is -0.147 e. The maximum absolute atomic E-state index is 2.26. The molecule has 0 atom stereocenters. The molecular weight excluding hydrogens is 192 g/mol. The molecule has 0 fully saturated rings. The average Bonchev–Trinajstić information content (AvgIpc) is 2.19. The Morgan fingerprint density at radius 3 is 2.14 bits per heavy atom. The molecule has 0 radical (unpaired) electrons. The van der Waals surface area contributed by atoms with Crippen LogP contribution in [-0.4, -0.2) is 0 Å². The fourth-order valence-electron chi connectivity index (χ4n) is 1.58. The third-order valence-corrected chi connectivity index (χ3v) is 2.41. The predicted molar refractivity (Wildman–Crippen MR) is 66.2 cm³/mol. The molecule has 1 aromatic rings. The van der Waals surface area contributed by atoms with E-state index in [4.69, 9.17) is 0 Å². The number of rotatable bonds is 6. The monoisotopic (exact) mass is 212 g/mol. The lowest BCUT2D eigenvalue weighted by Crippen LogP contribution is -1.84. The Morgan fingerprint density at radius 1 is 0.857 bits per heavy atom. The molecular formula is C13H21Cl. The van der Waals surface area contributed by atoms with E-state index in [9.17, 15) is 0 Å². The summed E-state index contributed by atoms with van der Waals surface area (Å²) in [6.07, 6.45) is 8.14. The summed E-state index contributed by atoms with van der Waals surface area (Å²) in [5.74, 6) is 0. The van der Waals surface area contributed by atoms with Gasteiger partial charge in [0, 0.05) is 0 Å². The van der Waals surface area contributed by atoms with Crippen LogP contribution in [0.2, 0.25) is 0 Å². The Bertz CT molecular complexity index is 206. The fraction of sp³-hybridized carbons (Fsp3) is 0.538. The lowest BCUT2D eigenvalue weighted by molar-refractivity contribution is 0.632. The van der Waals surface area contributed by atoms with E-state index in [1.165, 1.54) is 44.1 Å². The second-order valence-electron chi connectivity index (χ2n) is 3.65. The Balaban J connectivity index is 0.00000169. The Morgan fingerprint density at radius 2 is 1.50 bits per heavy atom. The van der Waals surface area contributed by atoms with Gasteiger partial charge < -0.3 is 0 Å². The van der Waals surface area contributed by atoms with E-state index in [2.05, 4.69) is 37.3 Å². The van der Waals surface area contributed by atoms with E-state index < -0.39 is 0 Å². The number of hydrogen-bond acceptors (Lipinski definition) is 0. The smallest absolute Gasteiger partial charge is 0.0279 e. The van der Waals surface area contributed by atoms with E-state index in [0.29, 0.717) is 0 Å². The maximum atomic E-state index is 2.26. The van der Waals surface area contributed by atoms with Crippen molar-refractivity contribution < 1.29 is 0 Å². The van der Waals surface area contributed by atoms with Crippen molar-refractivity contribution in [2.24, 2.45) is 0 Å². The van der Waals surface area contributed by atoms with E-state index in [1.54, 1.807) is 0 Å².